The fourth-order valence-electron chi connectivity index (χ4n) is 4.82. The maximum Gasteiger partial charge on any atom is 0.303 e. The standard InChI is InChI=1S/C27H26FN7O3/c1-15-11-19(28)18(12-22(15)34-13-21(29-14-34)17-8-9-17)27(37)31-24-7-3-5-20(30-24)25-32-33-26-23(38-16(2)36)6-4-10-35(25)26/h3,5,7,11-14,17,23H,4,6,8-10H2,1-2H3,(H,30,31,37). The zero-order chi connectivity index (χ0) is 26.4. The molecule has 1 atom stereocenters. The maximum absolute atomic E-state index is 14.9. The number of ether oxygens (including phenoxy) is 1. The van der Waals surface area contributed by atoms with Crippen LogP contribution in [0.2, 0.25) is 0 Å². The summed E-state index contributed by atoms with van der Waals surface area (Å²) >= 11 is 0. The van der Waals surface area contributed by atoms with Crippen LogP contribution in [0, 0.1) is 12.7 Å². The summed E-state index contributed by atoms with van der Waals surface area (Å²) in [5.74, 6) is 0.192. The van der Waals surface area contributed by atoms with Gasteiger partial charge in [0.05, 0.1) is 23.3 Å². The largest absolute Gasteiger partial charge is 0.454 e. The van der Waals surface area contributed by atoms with E-state index in [-0.39, 0.29) is 17.4 Å². The molecule has 11 heteroatoms. The first-order valence-corrected chi connectivity index (χ1v) is 12.6. The van der Waals surface area contributed by atoms with E-state index in [2.05, 4.69) is 25.5 Å². The van der Waals surface area contributed by atoms with Gasteiger partial charge in [0.25, 0.3) is 5.91 Å². The summed E-state index contributed by atoms with van der Waals surface area (Å²) in [5, 5.41) is 11.2. The molecule has 4 heterocycles. The number of hydrogen-bond donors (Lipinski definition) is 1. The Labute approximate surface area is 217 Å². The molecule has 1 fully saturated rings. The number of anilines is 1. The number of nitrogens with one attached hydrogen (secondary N) is 1. The molecule has 0 bridgehead atoms. The van der Waals surface area contributed by atoms with Crippen LogP contribution in [-0.4, -0.2) is 41.2 Å². The number of aryl methyl sites for hydroxylation is 1. The molecule has 1 unspecified atom stereocenters. The molecule has 194 valence electrons. The molecular weight excluding hydrogens is 489 g/mol. The lowest BCUT2D eigenvalue weighted by atomic mass is 10.1. The molecule has 1 amide bonds. The van der Waals surface area contributed by atoms with Crippen molar-refractivity contribution in [3.05, 3.63) is 71.3 Å². The normalized spacial score (nSPS) is 16.7. The van der Waals surface area contributed by atoms with E-state index in [0.717, 1.165) is 25.0 Å². The van der Waals surface area contributed by atoms with Crippen LogP contribution in [-0.2, 0) is 16.1 Å². The molecule has 2 aliphatic rings. The predicted octanol–water partition coefficient (Wildman–Crippen LogP) is 4.50. The van der Waals surface area contributed by atoms with Crippen molar-refractivity contribution < 1.29 is 18.7 Å². The Morgan fingerprint density at radius 1 is 1.16 bits per heavy atom. The van der Waals surface area contributed by atoms with Crippen LogP contribution in [0.3, 0.4) is 0 Å². The Hall–Kier alpha value is -4.41. The number of amides is 1. The highest BCUT2D eigenvalue weighted by atomic mass is 19.1. The van der Waals surface area contributed by atoms with Gasteiger partial charge in [-0.1, -0.05) is 6.07 Å². The van der Waals surface area contributed by atoms with Gasteiger partial charge in [0.2, 0.25) is 0 Å². The van der Waals surface area contributed by atoms with E-state index in [9.17, 15) is 14.0 Å². The highest BCUT2D eigenvalue weighted by Crippen LogP contribution is 2.39. The van der Waals surface area contributed by atoms with E-state index in [1.165, 1.54) is 19.1 Å². The Morgan fingerprint density at radius 2 is 2.00 bits per heavy atom. The Kier molecular flexibility index (Phi) is 5.97. The molecule has 0 spiro atoms. The van der Waals surface area contributed by atoms with Gasteiger partial charge in [0.1, 0.15) is 17.3 Å². The first-order valence-electron chi connectivity index (χ1n) is 12.6. The number of carbonyl (C=O) groups is 2. The van der Waals surface area contributed by atoms with E-state index in [0.29, 0.717) is 47.5 Å². The van der Waals surface area contributed by atoms with Gasteiger partial charge in [0, 0.05) is 25.6 Å². The van der Waals surface area contributed by atoms with Crippen molar-refractivity contribution >= 4 is 17.7 Å². The molecule has 38 heavy (non-hydrogen) atoms. The SMILES string of the molecule is CC(=O)OC1CCCn2c(-c3cccc(NC(=O)c4cc(-n5cnc(C6CC6)c5)c(C)cc4F)n3)nnc21. The van der Waals surface area contributed by atoms with Crippen LogP contribution in [0.15, 0.2) is 42.9 Å². The molecule has 1 saturated carbocycles. The summed E-state index contributed by atoms with van der Waals surface area (Å²) in [7, 11) is 0. The van der Waals surface area contributed by atoms with Gasteiger partial charge in [-0.25, -0.2) is 14.4 Å². The summed E-state index contributed by atoms with van der Waals surface area (Å²) in [5.41, 5.74) is 2.79. The van der Waals surface area contributed by atoms with Crippen molar-refractivity contribution in [2.75, 3.05) is 5.32 Å². The summed E-state index contributed by atoms with van der Waals surface area (Å²) in [6.07, 6.45) is 6.90. The number of fused-ring (bicyclic) bond motifs is 1. The number of halogens is 1. The van der Waals surface area contributed by atoms with Gasteiger partial charge < -0.3 is 19.2 Å². The minimum absolute atomic E-state index is 0.0939. The molecule has 0 radical (unpaired) electrons. The molecule has 1 N–H and O–H groups in total. The second-order valence-electron chi connectivity index (χ2n) is 9.73. The average Bonchev–Trinajstić information content (AvgIpc) is 3.45. The molecule has 0 saturated heterocycles. The zero-order valence-electron chi connectivity index (χ0n) is 21.0. The number of nitrogens with zero attached hydrogens (tertiary/aromatic N) is 6. The molecule has 4 aromatic rings. The van der Waals surface area contributed by atoms with Crippen LogP contribution in [0.5, 0.6) is 0 Å². The minimum Gasteiger partial charge on any atom is -0.454 e. The van der Waals surface area contributed by atoms with E-state index in [4.69, 9.17) is 4.74 Å². The third-order valence-electron chi connectivity index (χ3n) is 6.85. The predicted molar refractivity (Wildman–Crippen MR) is 135 cm³/mol. The summed E-state index contributed by atoms with van der Waals surface area (Å²) in [6.45, 7) is 3.82. The molecule has 1 aliphatic carbocycles. The number of carbonyl (C=O) groups excluding carboxylic acids is 2. The highest BCUT2D eigenvalue weighted by molar-refractivity contribution is 6.04. The van der Waals surface area contributed by atoms with Gasteiger partial charge in [-0.15, -0.1) is 10.2 Å². The highest BCUT2D eigenvalue weighted by Gasteiger charge is 2.29. The number of aromatic nitrogens is 6. The van der Waals surface area contributed by atoms with Gasteiger partial charge in [-0.3, -0.25) is 9.59 Å². The summed E-state index contributed by atoms with van der Waals surface area (Å²) in [4.78, 5) is 33.6. The molecule has 3 aromatic heterocycles. The lowest BCUT2D eigenvalue weighted by molar-refractivity contribution is -0.148. The second-order valence-corrected chi connectivity index (χ2v) is 9.73. The van der Waals surface area contributed by atoms with Crippen LogP contribution in [0.4, 0.5) is 10.2 Å². The minimum atomic E-state index is -0.620. The van der Waals surface area contributed by atoms with E-state index in [1.807, 2.05) is 15.3 Å². The van der Waals surface area contributed by atoms with Crippen molar-refractivity contribution in [3.8, 4) is 17.2 Å². The first-order chi connectivity index (χ1) is 18.4. The molecule has 10 nitrogen and oxygen atoms in total. The van der Waals surface area contributed by atoms with Crippen LogP contribution >= 0.6 is 0 Å². The van der Waals surface area contributed by atoms with Crippen LogP contribution in [0.25, 0.3) is 17.2 Å². The Morgan fingerprint density at radius 3 is 2.79 bits per heavy atom. The van der Waals surface area contributed by atoms with Gasteiger partial charge >= 0.3 is 5.97 Å². The molecular formula is C27H26FN7O3. The van der Waals surface area contributed by atoms with Crippen molar-refractivity contribution in [2.24, 2.45) is 0 Å². The van der Waals surface area contributed by atoms with Gasteiger partial charge in [-0.2, -0.15) is 0 Å². The summed E-state index contributed by atoms with van der Waals surface area (Å²) in [6, 6.07) is 8.00. The van der Waals surface area contributed by atoms with Crippen molar-refractivity contribution in [3.63, 3.8) is 0 Å². The monoisotopic (exact) mass is 515 g/mol. The zero-order valence-corrected chi connectivity index (χ0v) is 21.0. The maximum atomic E-state index is 14.9. The van der Waals surface area contributed by atoms with E-state index in [1.54, 1.807) is 31.5 Å². The summed E-state index contributed by atoms with van der Waals surface area (Å²) < 4.78 is 24.0. The Bertz CT molecular complexity index is 1560. The van der Waals surface area contributed by atoms with Crippen LogP contribution in [0.1, 0.15) is 72.1 Å². The first kappa shape index (κ1) is 24.0. The van der Waals surface area contributed by atoms with Gasteiger partial charge in [-0.05, 0) is 62.4 Å². The molecule has 6 rings (SSSR count). The molecule has 1 aromatic carbocycles. The lowest BCUT2D eigenvalue weighted by Crippen LogP contribution is -2.20. The number of rotatable bonds is 6. The Balaban J connectivity index is 1.25. The van der Waals surface area contributed by atoms with Crippen molar-refractivity contribution in [2.45, 2.75) is 58.1 Å². The quantitative estimate of drug-likeness (QED) is 0.376. The smallest absolute Gasteiger partial charge is 0.303 e. The van der Waals surface area contributed by atoms with Crippen LogP contribution < -0.4 is 5.32 Å². The van der Waals surface area contributed by atoms with Crippen molar-refractivity contribution in [1.82, 2.24) is 29.3 Å². The molecule has 1 aliphatic heterocycles. The third-order valence-corrected chi connectivity index (χ3v) is 6.85. The fraction of sp³-hybridized carbons (Fsp3) is 0.333. The third kappa shape index (κ3) is 4.55. The number of esters is 1. The van der Waals surface area contributed by atoms with Crippen molar-refractivity contribution in [1.29, 1.82) is 0 Å². The lowest BCUT2D eigenvalue weighted by Gasteiger charge is -2.23. The number of imidazole rings is 1. The second kappa shape index (κ2) is 9.47. The van der Waals surface area contributed by atoms with E-state index < -0.39 is 17.8 Å². The van der Waals surface area contributed by atoms with Gasteiger partial charge in [0.15, 0.2) is 17.8 Å². The number of hydrogen-bond acceptors (Lipinski definition) is 7. The average molecular weight is 516 g/mol. The topological polar surface area (TPSA) is 117 Å². The fourth-order valence-corrected chi connectivity index (χ4v) is 4.82. The number of pyridine rings is 1. The number of benzene rings is 1. The van der Waals surface area contributed by atoms with E-state index >= 15 is 0 Å².